The molecular formula is C64H101N13O13. The first-order valence-electron chi connectivity index (χ1n) is 32.0. The van der Waals surface area contributed by atoms with Crippen molar-refractivity contribution in [2.75, 3.05) is 32.7 Å². The average Bonchev–Trinajstić information content (AvgIpc) is 2.48. The van der Waals surface area contributed by atoms with Gasteiger partial charge in [0.2, 0.25) is 59.1 Å². The van der Waals surface area contributed by atoms with Crippen molar-refractivity contribution in [1.82, 2.24) is 52.8 Å². The molecule has 0 aliphatic carbocycles. The minimum Gasteiger partial charge on any atom is -0.508 e. The van der Waals surface area contributed by atoms with Gasteiger partial charge in [-0.2, -0.15) is 0 Å². The molecule has 8 atom stereocenters. The number of amides is 10. The van der Waals surface area contributed by atoms with Gasteiger partial charge in [0.25, 0.3) is 0 Å². The number of aromatic nitrogens is 1. The average molecular weight is 1260 g/mol. The minimum atomic E-state index is -1.70. The van der Waals surface area contributed by atoms with Crippen LogP contribution < -0.4 is 65.1 Å². The fraction of sp³-hybridized carbons (Fsp3) is 0.609. The van der Waals surface area contributed by atoms with Crippen LogP contribution in [0.3, 0.4) is 0 Å². The first-order valence-corrected chi connectivity index (χ1v) is 32.0. The zero-order valence-electron chi connectivity index (χ0n) is 53.0. The highest BCUT2D eigenvalue weighted by atomic mass is 16.4. The number of aromatic hydroxyl groups is 1. The van der Waals surface area contributed by atoms with Crippen molar-refractivity contribution in [3.8, 4) is 5.75 Å². The van der Waals surface area contributed by atoms with Crippen LogP contribution in [0.5, 0.6) is 5.75 Å². The van der Waals surface area contributed by atoms with Gasteiger partial charge in [-0.05, 0) is 100 Å². The number of unbranched alkanes of at least 4 members (excludes halogenated alkanes) is 12. The SMILES string of the molecule is CCCCCCCCCCCCCC(=O)N[C@H](Cc1c[nH]c2ccccc12)C(=O)NCC(=O)NCC(=O)NC[C@@H](C(=O)N[C@H](CCCCN)C(=O)N[C@H](CCCCN)C(=O)N[C@H](CC(N)=O)C(=O)N[C@H](Cc1ccc(O)cc1)C(=O)N[C@H](C)C(=O)O)[C@H](C)CC. The van der Waals surface area contributed by atoms with Crippen LogP contribution in [0.25, 0.3) is 10.9 Å². The van der Waals surface area contributed by atoms with E-state index < -0.39 is 121 Å². The number of carboxylic acid groups (broad SMARTS) is 1. The number of nitrogens with two attached hydrogens (primary N) is 3. The molecule has 0 bridgehead atoms. The molecule has 1 aromatic heterocycles. The summed E-state index contributed by atoms with van der Waals surface area (Å²) in [5.41, 5.74) is 19.2. The zero-order chi connectivity index (χ0) is 66.4. The molecule has 3 aromatic rings. The van der Waals surface area contributed by atoms with E-state index in [4.69, 9.17) is 17.2 Å². The molecule has 0 saturated carbocycles. The van der Waals surface area contributed by atoms with E-state index in [2.05, 4.69) is 59.8 Å². The van der Waals surface area contributed by atoms with Gasteiger partial charge in [0.1, 0.15) is 42.0 Å². The van der Waals surface area contributed by atoms with Gasteiger partial charge in [-0.1, -0.05) is 122 Å². The maximum atomic E-state index is 14.3. The number of hydrogen-bond donors (Lipinski definition) is 15. The number of hydrogen-bond acceptors (Lipinski definition) is 14. The number of rotatable bonds is 47. The Morgan fingerprint density at radius 3 is 1.61 bits per heavy atom. The van der Waals surface area contributed by atoms with E-state index in [1.165, 1.54) is 76.1 Å². The predicted octanol–water partition coefficient (Wildman–Crippen LogP) is 2.52. The number of aromatic amines is 1. The minimum absolute atomic E-state index is 0.0172. The lowest BCUT2D eigenvalue weighted by atomic mass is 9.90. The molecule has 0 radical (unpaired) electrons. The second-order valence-electron chi connectivity index (χ2n) is 23.2. The van der Waals surface area contributed by atoms with Gasteiger partial charge in [0.05, 0.1) is 25.4 Å². The summed E-state index contributed by atoms with van der Waals surface area (Å²) < 4.78 is 0. The molecule has 0 spiro atoms. The largest absolute Gasteiger partial charge is 0.508 e. The Bertz CT molecular complexity index is 2760. The second-order valence-corrected chi connectivity index (χ2v) is 23.2. The quantitative estimate of drug-likeness (QED) is 0.0361. The Labute approximate surface area is 528 Å². The van der Waals surface area contributed by atoms with E-state index in [0.717, 1.165) is 35.7 Å². The Kier molecular flexibility index (Phi) is 36.1. The molecule has 0 aliphatic heterocycles. The van der Waals surface area contributed by atoms with Crippen LogP contribution >= 0.6 is 0 Å². The normalized spacial score (nSPS) is 13.8. The van der Waals surface area contributed by atoms with E-state index in [1.54, 1.807) is 13.1 Å². The van der Waals surface area contributed by atoms with Crippen LogP contribution in [0.2, 0.25) is 0 Å². The summed E-state index contributed by atoms with van der Waals surface area (Å²) in [6, 6.07) is 5.05. The number of phenolic OH excluding ortho intramolecular Hbond substituents is 1. The molecule has 0 aliphatic rings. The van der Waals surface area contributed by atoms with Crippen LogP contribution in [-0.2, 0) is 65.6 Å². The van der Waals surface area contributed by atoms with Gasteiger partial charge in [-0.25, -0.2) is 0 Å². The molecule has 10 amide bonds. The highest BCUT2D eigenvalue weighted by Gasteiger charge is 2.35. The number of phenols is 1. The van der Waals surface area contributed by atoms with E-state index in [-0.39, 0.29) is 69.3 Å². The first-order chi connectivity index (χ1) is 43.1. The smallest absolute Gasteiger partial charge is 0.325 e. The van der Waals surface area contributed by atoms with Crippen molar-refractivity contribution in [3.05, 3.63) is 65.9 Å². The Hall–Kier alpha value is -8.13. The molecule has 2 aromatic carbocycles. The first kappa shape index (κ1) is 76.1. The van der Waals surface area contributed by atoms with Crippen LogP contribution in [0, 0.1) is 11.8 Å². The molecule has 3 rings (SSSR count). The van der Waals surface area contributed by atoms with Gasteiger partial charge in [-0.15, -0.1) is 0 Å². The number of aliphatic carboxylic acids is 1. The fourth-order valence-electron chi connectivity index (χ4n) is 10.1. The summed E-state index contributed by atoms with van der Waals surface area (Å²) in [6.07, 6.45) is 15.7. The molecule has 90 heavy (non-hydrogen) atoms. The maximum absolute atomic E-state index is 14.3. The van der Waals surface area contributed by atoms with Gasteiger partial charge in [0, 0.05) is 42.9 Å². The highest BCUT2D eigenvalue weighted by Crippen LogP contribution is 2.21. The molecule has 0 fully saturated rings. The number of primary amides is 1. The molecular weight excluding hydrogens is 1160 g/mol. The summed E-state index contributed by atoms with van der Waals surface area (Å²) in [6.45, 7) is 6.30. The summed E-state index contributed by atoms with van der Waals surface area (Å²) in [5.74, 6) is -10.2. The number of carbonyl (C=O) groups is 11. The van der Waals surface area contributed by atoms with E-state index >= 15 is 0 Å². The molecule has 26 heteroatoms. The summed E-state index contributed by atoms with van der Waals surface area (Å²) >= 11 is 0. The van der Waals surface area contributed by atoms with Gasteiger partial charge in [-0.3, -0.25) is 52.7 Å². The number of carbonyl (C=O) groups excluding carboxylic acids is 10. The molecule has 26 nitrogen and oxygen atoms in total. The van der Waals surface area contributed by atoms with Crippen molar-refractivity contribution in [1.29, 1.82) is 0 Å². The summed E-state index contributed by atoms with van der Waals surface area (Å²) in [4.78, 5) is 150. The number of H-pyrrole nitrogens is 1. The summed E-state index contributed by atoms with van der Waals surface area (Å²) in [7, 11) is 0. The molecule has 18 N–H and O–H groups in total. The Morgan fingerprint density at radius 1 is 0.522 bits per heavy atom. The van der Waals surface area contributed by atoms with Crippen molar-refractivity contribution >= 4 is 75.9 Å². The van der Waals surface area contributed by atoms with Crippen molar-refractivity contribution in [3.63, 3.8) is 0 Å². The standard InChI is InChI=1S/C64H101N13O13/c1-5-7-8-9-10-11-12-13-14-15-16-27-55(80)73-52(35-44-37-68-48-24-18-17-23-46(44)48)59(84)71-40-57(82)70-39-56(81)69-38-47(41(3)6-2)58(83)74-49(25-19-21-32-65)60(85)75-50(26-20-22-33-66)61(86)77-53(36-54(67)79)63(88)76-51(62(87)72-42(4)64(89)90)34-43-28-30-45(78)31-29-43/h17-18,23-24,28-31,37,41-42,47,49-53,68,78H,5-16,19-22,25-27,32-36,38-40,65-66H2,1-4H3,(H2,67,79)(H,69,81)(H,70,82)(H,71,84)(H,72,87)(H,73,80)(H,74,83)(H,75,85)(H,76,88)(H,77,86)(H,89,90)/t41-,42-,47-,49-,50-,51-,52-,53-/m1/s1. The van der Waals surface area contributed by atoms with Gasteiger partial charge in [0.15, 0.2) is 0 Å². The Balaban J connectivity index is 1.67. The summed E-state index contributed by atoms with van der Waals surface area (Å²) in [5, 5.41) is 43.4. The van der Waals surface area contributed by atoms with Crippen LogP contribution in [-0.4, -0.2) is 149 Å². The third kappa shape index (κ3) is 29.5. The van der Waals surface area contributed by atoms with Crippen molar-refractivity contribution in [2.24, 2.45) is 29.0 Å². The number of nitrogens with one attached hydrogen (secondary N) is 10. The van der Waals surface area contributed by atoms with Crippen LogP contribution in [0.15, 0.2) is 54.7 Å². The predicted molar refractivity (Wildman–Crippen MR) is 341 cm³/mol. The lowest BCUT2D eigenvalue weighted by Gasteiger charge is -2.28. The van der Waals surface area contributed by atoms with E-state index in [9.17, 15) is 63.0 Å². The molecule has 500 valence electrons. The highest BCUT2D eigenvalue weighted by molar-refractivity contribution is 5.98. The molecule has 0 unspecified atom stereocenters. The monoisotopic (exact) mass is 1260 g/mol. The fourth-order valence-corrected chi connectivity index (χ4v) is 10.1. The Morgan fingerprint density at radius 2 is 1.03 bits per heavy atom. The number of para-hydroxylation sites is 1. The number of benzene rings is 2. The van der Waals surface area contributed by atoms with Gasteiger partial charge < -0.3 is 80.2 Å². The van der Waals surface area contributed by atoms with Crippen LogP contribution in [0.1, 0.15) is 167 Å². The van der Waals surface area contributed by atoms with E-state index in [0.29, 0.717) is 44.1 Å². The number of fused-ring (bicyclic) bond motifs is 1. The third-order valence-electron chi connectivity index (χ3n) is 15.8. The maximum Gasteiger partial charge on any atom is 0.325 e. The lowest BCUT2D eigenvalue weighted by Crippen LogP contribution is -2.59. The lowest BCUT2D eigenvalue weighted by molar-refractivity contribution is -0.142. The second kappa shape index (κ2) is 42.7. The molecule has 1 heterocycles. The number of carboxylic acids is 1. The van der Waals surface area contributed by atoms with Crippen LogP contribution in [0.4, 0.5) is 0 Å². The van der Waals surface area contributed by atoms with Crippen molar-refractivity contribution in [2.45, 2.75) is 205 Å². The molecule has 0 saturated heterocycles. The van der Waals surface area contributed by atoms with Crippen molar-refractivity contribution < 1.29 is 63.0 Å². The zero-order valence-corrected chi connectivity index (χ0v) is 53.0. The third-order valence-corrected chi connectivity index (χ3v) is 15.8. The van der Waals surface area contributed by atoms with Gasteiger partial charge >= 0.3 is 5.97 Å². The van der Waals surface area contributed by atoms with E-state index in [1.807, 2.05) is 31.2 Å². The topological polar surface area (TPSA) is 430 Å².